The van der Waals surface area contributed by atoms with Crippen LogP contribution in [0, 0.1) is 0 Å². The van der Waals surface area contributed by atoms with E-state index in [-0.39, 0.29) is 5.54 Å². The zero-order valence-electron chi connectivity index (χ0n) is 10.8. The highest BCUT2D eigenvalue weighted by Gasteiger charge is 2.23. The smallest absolute Gasteiger partial charge is 0.323 e. The van der Waals surface area contributed by atoms with E-state index < -0.39 is 6.09 Å². The summed E-state index contributed by atoms with van der Waals surface area (Å²) in [5.41, 5.74) is -0.0199. The average Bonchev–Trinajstić information content (AvgIpc) is 2.23. The van der Waals surface area contributed by atoms with Crippen LogP contribution in [0.3, 0.4) is 0 Å². The summed E-state index contributed by atoms with van der Waals surface area (Å²) in [5, 5.41) is 6.96. The minimum absolute atomic E-state index is 0.0199. The van der Waals surface area contributed by atoms with Gasteiger partial charge in [-0.15, -0.1) is 11.8 Å². The van der Waals surface area contributed by atoms with E-state index >= 15 is 0 Å². The summed E-state index contributed by atoms with van der Waals surface area (Å²) in [5.74, 6) is 0. The topological polar surface area (TPSA) is 53.9 Å². The summed E-state index contributed by atoms with van der Waals surface area (Å²) >= 11 is 1.49. The summed E-state index contributed by atoms with van der Waals surface area (Å²) in [6.45, 7) is 4.22. The number of rotatable bonds is 4. The summed E-state index contributed by atoms with van der Waals surface area (Å²) < 4.78 is 0. The van der Waals surface area contributed by atoms with Crippen molar-refractivity contribution in [2.75, 3.05) is 27.4 Å². The third-order valence-corrected chi connectivity index (χ3v) is 3.15. The molecular formula is C10H21N3O2S. The van der Waals surface area contributed by atoms with Crippen LogP contribution in [0.5, 0.6) is 0 Å². The number of carbonyl (C=O) groups excluding carboxylic acids is 1. The summed E-state index contributed by atoms with van der Waals surface area (Å²) in [6, 6.07) is 0. The second-order valence-corrected chi connectivity index (χ2v) is 5.08. The van der Waals surface area contributed by atoms with Gasteiger partial charge in [0.25, 0.3) is 0 Å². The lowest BCUT2D eigenvalue weighted by atomic mass is 10.0. The summed E-state index contributed by atoms with van der Waals surface area (Å²) in [4.78, 5) is 17.6. The molecule has 0 heterocycles. The second-order valence-electron chi connectivity index (χ2n) is 4.20. The van der Waals surface area contributed by atoms with Crippen LogP contribution < -0.4 is 5.32 Å². The molecule has 0 bridgehead atoms. The predicted octanol–water partition coefficient (Wildman–Crippen LogP) is 1.75. The van der Waals surface area contributed by atoms with Gasteiger partial charge in [0, 0.05) is 19.0 Å². The van der Waals surface area contributed by atoms with Crippen molar-refractivity contribution in [3.63, 3.8) is 0 Å². The van der Waals surface area contributed by atoms with Gasteiger partial charge in [-0.05, 0) is 34.2 Å². The molecule has 0 spiro atoms. The number of nitrogens with one attached hydrogen (secondary N) is 1. The maximum atomic E-state index is 10.9. The Morgan fingerprint density at radius 1 is 1.50 bits per heavy atom. The fourth-order valence-electron chi connectivity index (χ4n) is 0.808. The molecule has 0 saturated carbocycles. The Bertz CT molecular complexity index is 265. The first kappa shape index (κ1) is 15.2. The fraction of sp³-hybridized carbons (Fsp3) is 0.800. The van der Waals surface area contributed by atoms with Crippen molar-refractivity contribution in [1.29, 1.82) is 0 Å². The van der Waals surface area contributed by atoms with Crippen molar-refractivity contribution in [1.82, 2.24) is 10.2 Å². The highest BCUT2D eigenvalue weighted by atomic mass is 32.2. The normalized spacial score (nSPS) is 12.8. The molecule has 0 atom stereocenters. The Hall–Kier alpha value is -0.750. The Labute approximate surface area is 102 Å². The van der Waals surface area contributed by atoms with E-state index in [4.69, 9.17) is 0 Å². The molecule has 16 heavy (non-hydrogen) atoms. The molecule has 0 aromatic carbocycles. The van der Waals surface area contributed by atoms with Gasteiger partial charge in [0.1, 0.15) is 5.04 Å². The molecule has 0 aromatic heterocycles. The van der Waals surface area contributed by atoms with E-state index in [0.29, 0.717) is 0 Å². The van der Waals surface area contributed by atoms with E-state index in [1.165, 1.54) is 18.8 Å². The molecule has 0 aliphatic rings. The number of amides is 1. The zero-order valence-corrected chi connectivity index (χ0v) is 11.6. The number of nitrogens with zero attached hydrogens (tertiary/aromatic N) is 2. The van der Waals surface area contributed by atoms with Crippen LogP contribution in [0.1, 0.15) is 20.3 Å². The SMILES string of the molecule is CNC(=O)ON=C(CC(C)(C)N(C)C)SC. The Morgan fingerprint density at radius 3 is 2.44 bits per heavy atom. The molecule has 0 aromatic rings. The molecule has 1 amide bonds. The first-order chi connectivity index (χ1) is 7.33. The second kappa shape index (κ2) is 6.75. The molecule has 0 radical (unpaired) electrons. The van der Waals surface area contributed by atoms with Crippen LogP contribution in [0.4, 0.5) is 4.79 Å². The van der Waals surface area contributed by atoms with Gasteiger partial charge in [0.2, 0.25) is 0 Å². The Morgan fingerprint density at radius 2 is 2.06 bits per heavy atom. The standard InChI is InChI=1S/C10H21N3O2S/c1-10(2,13(4)5)7-8(16-6)12-15-9(14)11-3/h7H2,1-6H3,(H,11,14). The lowest BCUT2D eigenvalue weighted by Crippen LogP contribution is -2.39. The van der Waals surface area contributed by atoms with Gasteiger partial charge in [-0.1, -0.05) is 5.16 Å². The van der Waals surface area contributed by atoms with E-state index in [2.05, 4.69) is 34.1 Å². The summed E-state index contributed by atoms with van der Waals surface area (Å²) in [6.07, 6.45) is 2.10. The van der Waals surface area contributed by atoms with Crippen LogP contribution >= 0.6 is 11.8 Å². The van der Waals surface area contributed by atoms with Gasteiger partial charge in [-0.2, -0.15) is 0 Å². The van der Waals surface area contributed by atoms with Crippen molar-refractivity contribution < 1.29 is 9.63 Å². The van der Waals surface area contributed by atoms with Gasteiger partial charge >= 0.3 is 6.09 Å². The zero-order chi connectivity index (χ0) is 12.8. The molecule has 94 valence electrons. The highest BCUT2D eigenvalue weighted by Crippen LogP contribution is 2.20. The van der Waals surface area contributed by atoms with Gasteiger partial charge in [-0.25, -0.2) is 4.79 Å². The molecule has 0 unspecified atom stereocenters. The van der Waals surface area contributed by atoms with Crippen LogP contribution in [0.15, 0.2) is 5.16 Å². The van der Waals surface area contributed by atoms with Gasteiger partial charge < -0.3 is 10.2 Å². The number of carbonyl (C=O) groups is 1. The maximum Gasteiger partial charge on any atom is 0.433 e. The van der Waals surface area contributed by atoms with E-state index in [0.717, 1.165) is 11.5 Å². The molecule has 0 saturated heterocycles. The number of hydrogen-bond acceptors (Lipinski definition) is 5. The van der Waals surface area contributed by atoms with Gasteiger partial charge in [0.05, 0.1) is 0 Å². The van der Waals surface area contributed by atoms with E-state index in [9.17, 15) is 4.79 Å². The molecule has 1 N–H and O–H groups in total. The number of hydrogen-bond donors (Lipinski definition) is 1. The van der Waals surface area contributed by atoms with Crippen LogP contribution in [-0.4, -0.2) is 49.0 Å². The van der Waals surface area contributed by atoms with Crippen molar-refractivity contribution in [3.8, 4) is 0 Å². The average molecular weight is 247 g/mol. The van der Waals surface area contributed by atoms with Crippen LogP contribution in [-0.2, 0) is 4.84 Å². The van der Waals surface area contributed by atoms with E-state index in [1.807, 2.05) is 20.4 Å². The molecule has 0 aliphatic carbocycles. The van der Waals surface area contributed by atoms with Crippen molar-refractivity contribution in [2.24, 2.45) is 5.16 Å². The first-order valence-electron chi connectivity index (χ1n) is 5.00. The van der Waals surface area contributed by atoms with Crippen molar-refractivity contribution in [3.05, 3.63) is 0 Å². The first-order valence-corrected chi connectivity index (χ1v) is 6.23. The molecule has 0 aliphatic heterocycles. The molecule has 0 rings (SSSR count). The minimum atomic E-state index is -0.547. The maximum absolute atomic E-state index is 10.9. The predicted molar refractivity (Wildman–Crippen MR) is 68.9 cm³/mol. The molecule has 0 fully saturated rings. The monoisotopic (exact) mass is 247 g/mol. The van der Waals surface area contributed by atoms with Crippen LogP contribution in [0.25, 0.3) is 0 Å². The third kappa shape index (κ3) is 5.37. The largest absolute Gasteiger partial charge is 0.433 e. The molecule has 5 nitrogen and oxygen atoms in total. The Balaban J connectivity index is 4.46. The lowest BCUT2D eigenvalue weighted by Gasteiger charge is -2.32. The van der Waals surface area contributed by atoms with Gasteiger partial charge in [-0.3, -0.25) is 4.84 Å². The van der Waals surface area contributed by atoms with E-state index in [1.54, 1.807) is 0 Å². The highest BCUT2D eigenvalue weighted by molar-refractivity contribution is 8.13. The van der Waals surface area contributed by atoms with Gasteiger partial charge in [0.15, 0.2) is 0 Å². The lowest BCUT2D eigenvalue weighted by molar-refractivity contribution is 0.151. The minimum Gasteiger partial charge on any atom is -0.323 e. The fourth-order valence-corrected chi connectivity index (χ4v) is 1.42. The summed E-state index contributed by atoms with van der Waals surface area (Å²) in [7, 11) is 5.52. The quantitative estimate of drug-likeness (QED) is 0.356. The molecule has 6 heteroatoms. The Kier molecular flexibility index (Phi) is 6.43. The third-order valence-electron chi connectivity index (χ3n) is 2.46. The number of thioether (sulfide) groups is 1. The van der Waals surface area contributed by atoms with Crippen molar-refractivity contribution in [2.45, 2.75) is 25.8 Å². The van der Waals surface area contributed by atoms with Crippen LogP contribution in [0.2, 0.25) is 0 Å². The number of oxime groups is 1. The van der Waals surface area contributed by atoms with Crippen molar-refractivity contribution >= 4 is 22.9 Å². The molecular weight excluding hydrogens is 226 g/mol.